The van der Waals surface area contributed by atoms with Crippen molar-refractivity contribution in [2.24, 2.45) is 11.8 Å². The maximum absolute atomic E-state index is 13.1. The predicted octanol–water partition coefficient (Wildman–Crippen LogP) is 4.44. The summed E-state index contributed by atoms with van der Waals surface area (Å²) in [5, 5.41) is 0. The summed E-state index contributed by atoms with van der Waals surface area (Å²) in [6, 6.07) is 12.6. The Labute approximate surface area is 185 Å². The van der Waals surface area contributed by atoms with E-state index < -0.39 is 18.8 Å². The first kappa shape index (κ1) is 16.7. The van der Waals surface area contributed by atoms with Crippen LogP contribution in [-0.2, 0) is 12.8 Å². The van der Waals surface area contributed by atoms with Crippen LogP contribution in [0.15, 0.2) is 42.5 Å². The lowest BCUT2D eigenvalue weighted by Gasteiger charge is -2.33. The predicted molar refractivity (Wildman–Crippen MR) is 118 cm³/mol. The molecule has 1 atom stereocenters. The van der Waals surface area contributed by atoms with Crippen molar-refractivity contribution in [3.05, 3.63) is 59.2 Å². The lowest BCUT2D eigenvalue weighted by atomic mass is 9.89. The second-order valence-corrected chi connectivity index (χ2v) is 7.39. The molecule has 1 unspecified atom stereocenters. The van der Waals surface area contributed by atoms with Crippen LogP contribution in [0.3, 0.4) is 0 Å². The number of ketones is 1. The van der Waals surface area contributed by atoms with E-state index in [9.17, 15) is 4.79 Å². The summed E-state index contributed by atoms with van der Waals surface area (Å²) in [5.41, 5.74) is 1.93. The monoisotopic (exact) mass is 419 g/mol. The Kier molecular flexibility index (Phi) is 5.56. The van der Waals surface area contributed by atoms with E-state index in [2.05, 4.69) is 0 Å². The molecule has 1 fully saturated rings. The van der Waals surface area contributed by atoms with Gasteiger partial charge in [-0.05, 0) is 67.9 Å². The SMILES string of the molecule is Cl.[2H]C([2H])(c1ccccc1)C1CCN(C([2H])([2H])C2Cc3cc(OC)c(OC)cc3C2=O)CC1. The van der Waals surface area contributed by atoms with Crippen molar-refractivity contribution >= 4 is 18.2 Å². The number of nitrogens with zero attached hydrogens (tertiary/aromatic N) is 1. The smallest absolute Gasteiger partial charge is 0.167 e. The van der Waals surface area contributed by atoms with Gasteiger partial charge in [-0.2, -0.15) is 0 Å². The van der Waals surface area contributed by atoms with Crippen LogP contribution >= 0.6 is 12.4 Å². The Bertz CT molecular complexity index is 995. The third kappa shape index (κ3) is 4.76. The minimum Gasteiger partial charge on any atom is -0.493 e. The number of piperidine rings is 1. The fourth-order valence-electron chi connectivity index (χ4n) is 4.07. The summed E-state index contributed by atoms with van der Waals surface area (Å²) < 4.78 is 45.5. The van der Waals surface area contributed by atoms with Crippen LogP contribution in [0.1, 0.15) is 39.8 Å². The molecule has 2 aromatic rings. The molecular weight excluding hydrogens is 386 g/mol. The first-order valence-corrected chi connectivity index (χ1v) is 9.79. The van der Waals surface area contributed by atoms with Gasteiger partial charge < -0.3 is 14.4 Å². The number of halogens is 1. The molecule has 1 saturated heterocycles. The number of carbonyl (C=O) groups excluding carboxylic acids is 1. The van der Waals surface area contributed by atoms with Crippen LogP contribution < -0.4 is 9.47 Å². The van der Waals surface area contributed by atoms with Crippen molar-refractivity contribution < 1.29 is 19.8 Å². The van der Waals surface area contributed by atoms with E-state index >= 15 is 0 Å². The summed E-state index contributed by atoms with van der Waals surface area (Å²) in [7, 11) is 3.05. The zero-order chi connectivity index (χ0) is 23.1. The summed E-state index contributed by atoms with van der Waals surface area (Å²) in [5.74, 6) is -0.222. The average molecular weight is 420 g/mol. The van der Waals surface area contributed by atoms with Gasteiger partial charge >= 0.3 is 0 Å². The average Bonchev–Trinajstić information content (AvgIpc) is 3.14. The van der Waals surface area contributed by atoms with Gasteiger partial charge in [0, 0.05) is 23.5 Å². The van der Waals surface area contributed by atoms with Crippen LogP contribution in [-0.4, -0.2) is 44.5 Å². The fourth-order valence-corrected chi connectivity index (χ4v) is 4.07. The first-order valence-electron chi connectivity index (χ1n) is 11.8. The van der Waals surface area contributed by atoms with E-state index in [1.165, 1.54) is 14.2 Å². The van der Waals surface area contributed by atoms with Crippen LogP contribution in [0.4, 0.5) is 0 Å². The highest BCUT2D eigenvalue weighted by Gasteiger charge is 2.34. The molecule has 1 aliphatic carbocycles. The molecule has 0 amide bonds. The molecule has 4 nitrogen and oxygen atoms in total. The standard InChI is InChI=1S/C24H29NO3.ClH/c1-27-22-14-19-13-20(24(26)21(19)15-23(22)28-2)16-25-10-8-18(9-11-25)12-17-6-4-3-5-7-17;/h3-7,14-15,18,20H,8-13,16H2,1-2H3;1H/i12D2,16D2;. The summed E-state index contributed by atoms with van der Waals surface area (Å²) in [6.45, 7) is -0.992. The van der Waals surface area contributed by atoms with Gasteiger partial charge in [-0.1, -0.05) is 30.3 Å². The van der Waals surface area contributed by atoms with E-state index in [1.807, 2.05) is 30.3 Å². The molecule has 0 bridgehead atoms. The third-order valence-electron chi connectivity index (χ3n) is 5.59. The second-order valence-electron chi connectivity index (χ2n) is 7.39. The Morgan fingerprint density at radius 3 is 2.38 bits per heavy atom. The van der Waals surface area contributed by atoms with E-state index in [0.717, 1.165) is 5.56 Å². The summed E-state index contributed by atoms with van der Waals surface area (Å²) >= 11 is 0. The fraction of sp³-hybridized carbons (Fsp3) is 0.458. The number of methoxy groups -OCH3 is 2. The summed E-state index contributed by atoms with van der Waals surface area (Å²) in [4.78, 5) is 14.9. The quantitative estimate of drug-likeness (QED) is 0.694. The van der Waals surface area contributed by atoms with Gasteiger partial charge in [0.25, 0.3) is 0 Å². The molecule has 1 aliphatic heterocycles. The third-order valence-corrected chi connectivity index (χ3v) is 5.59. The molecule has 0 saturated carbocycles. The molecule has 4 rings (SSSR count). The van der Waals surface area contributed by atoms with Gasteiger partial charge in [0.1, 0.15) is 0 Å². The molecule has 0 aromatic heterocycles. The number of fused-ring (bicyclic) bond motifs is 1. The number of hydrogen-bond acceptors (Lipinski definition) is 4. The van der Waals surface area contributed by atoms with E-state index in [0.29, 0.717) is 55.0 Å². The molecule has 2 aliphatic rings. The van der Waals surface area contributed by atoms with Gasteiger partial charge in [-0.25, -0.2) is 0 Å². The number of rotatable bonds is 6. The highest BCUT2D eigenvalue weighted by molar-refractivity contribution is 6.03. The van der Waals surface area contributed by atoms with Crippen LogP contribution in [0.2, 0.25) is 0 Å². The number of carbonyl (C=O) groups is 1. The molecule has 1 heterocycles. The van der Waals surface area contributed by atoms with Crippen molar-refractivity contribution in [1.29, 1.82) is 0 Å². The molecule has 0 N–H and O–H groups in total. The molecule has 0 radical (unpaired) electrons. The van der Waals surface area contributed by atoms with Crippen molar-refractivity contribution in [2.45, 2.75) is 25.6 Å². The lowest BCUT2D eigenvalue weighted by molar-refractivity contribution is 0.0874. The molecule has 0 spiro atoms. The molecule has 2 aromatic carbocycles. The van der Waals surface area contributed by atoms with Crippen LogP contribution in [0.5, 0.6) is 11.5 Å². The Balaban J connectivity index is 0.00000306. The highest BCUT2D eigenvalue weighted by atomic mass is 35.5. The number of benzene rings is 2. The van der Waals surface area contributed by atoms with Crippen molar-refractivity contribution in [2.75, 3.05) is 33.8 Å². The number of likely N-dealkylation sites (tertiary alicyclic amines) is 1. The van der Waals surface area contributed by atoms with Gasteiger partial charge in [0.2, 0.25) is 0 Å². The molecule has 5 heteroatoms. The molecular formula is C24H30ClNO3. The minimum atomic E-state index is -1.82. The van der Waals surface area contributed by atoms with Crippen LogP contribution in [0.25, 0.3) is 0 Å². The number of hydrogen-bond donors (Lipinski definition) is 0. The number of Topliss-reactive ketones (excluding diaryl/α,β-unsaturated/α-hetero) is 1. The van der Waals surface area contributed by atoms with Gasteiger partial charge in [-0.15, -0.1) is 12.4 Å². The van der Waals surface area contributed by atoms with Gasteiger partial charge in [0.15, 0.2) is 17.3 Å². The Hall–Kier alpha value is -2.04. The highest BCUT2D eigenvalue weighted by Crippen LogP contribution is 2.37. The zero-order valence-electron chi connectivity index (χ0n) is 20.8. The Morgan fingerprint density at radius 1 is 1.07 bits per heavy atom. The van der Waals surface area contributed by atoms with Gasteiger partial charge in [-0.3, -0.25) is 4.79 Å². The first-order chi connectivity index (χ1) is 15.2. The molecule has 29 heavy (non-hydrogen) atoms. The number of ether oxygens (including phenoxy) is 2. The van der Waals surface area contributed by atoms with Gasteiger partial charge in [0.05, 0.1) is 14.2 Å². The topological polar surface area (TPSA) is 38.8 Å². The second kappa shape index (κ2) is 9.64. The lowest BCUT2D eigenvalue weighted by Crippen LogP contribution is -2.38. The van der Waals surface area contributed by atoms with E-state index in [4.69, 9.17) is 15.0 Å². The maximum Gasteiger partial charge on any atom is 0.167 e. The Morgan fingerprint density at radius 2 is 1.72 bits per heavy atom. The van der Waals surface area contributed by atoms with E-state index in [1.54, 1.807) is 17.0 Å². The summed E-state index contributed by atoms with van der Waals surface area (Å²) in [6.07, 6.45) is -0.0767. The molecule has 156 valence electrons. The van der Waals surface area contributed by atoms with Crippen LogP contribution in [0, 0.1) is 11.8 Å². The normalized spacial score (nSPS) is 22.6. The minimum absolute atomic E-state index is 0. The van der Waals surface area contributed by atoms with Crippen molar-refractivity contribution in [1.82, 2.24) is 4.90 Å². The maximum atomic E-state index is 13.1. The van der Waals surface area contributed by atoms with Crippen molar-refractivity contribution in [3.8, 4) is 11.5 Å². The largest absolute Gasteiger partial charge is 0.493 e. The van der Waals surface area contributed by atoms with Crippen molar-refractivity contribution in [3.63, 3.8) is 0 Å². The zero-order valence-corrected chi connectivity index (χ0v) is 17.6. The van der Waals surface area contributed by atoms with E-state index in [-0.39, 0.29) is 24.1 Å².